The molecule has 0 amide bonds. The Bertz CT molecular complexity index is 183. The summed E-state index contributed by atoms with van der Waals surface area (Å²) in [5.41, 5.74) is 5.78. The van der Waals surface area contributed by atoms with Crippen molar-refractivity contribution in [2.75, 3.05) is 30.3 Å². The molecule has 2 rings (SSSR count). The van der Waals surface area contributed by atoms with Gasteiger partial charge in [-0.3, -0.25) is 0 Å². The summed E-state index contributed by atoms with van der Waals surface area (Å²) in [6, 6.07) is 0.711. The number of nitrogens with two attached hydrogens (primary N) is 1. The molecule has 0 aromatic carbocycles. The minimum absolute atomic E-state index is 0.711. The molecule has 1 saturated carbocycles. The van der Waals surface area contributed by atoms with Crippen molar-refractivity contribution >= 4 is 23.5 Å². The third kappa shape index (κ3) is 3.55. The molecule has 0 bridgehead atoms. The van der Waals surface area contributed by atoms with E-state index in [1.807, 2.05) is 0 Å². The average Bonchev–Trinajstić information content (AvgIpc) is 2.75. The molecule has 4 heteroatoms. The first-order valence-electron chi connectivity index (χ1n) is 6.03. The lowest BCUT2D eigenvalue weighted by Gasteiger charge is -2.25. The Morgan fingerprint density at radius 2 is 2.20 bits per heavy atom. The van der Waals surface area contributed by atoms with Gasteiger partial charge in [0.2, 0.25) is 0 Å². The van der Waals surface area contributed by atoms with E-state index in [1.165, 1.54) is 43.1 Å². The third-order valence-corrected chi connectivity index (χ3v) is 6.30. The molecule has 15 heavy (non-hydrogen) atoms. The van der Waals surface area contributed by atoms with Crippen LogP contribution in [0, 0.1) is 5.92 Å². The van der Waals surface area contributed by atoms with Crippen molar-refractivity contribution in [3.8, 4) is 0 Å². The molecule has 1 heterocycles. The van der Waals surface area contributed by atoms with E-state index in [4.69, 9.17) is 5.73 Å². The minimum atomic E-state index is 0.711. The van der Waals surface area contributed by atoms with Gasteiger partial charge in [-0.1, -0.05) is 6.42 Å². The molecule has 0 aromatic heterocycles. The second-order valence-corrected chi connectivity index (χ2v) is 7.07. The van der Waals surface area contributed by atoms with Crippen LogP contribution in [-0.2, 0) is 0 Å². The maximum absolute atomic E-state index is 5.78. The zero-order valence-electron chi connectivity index (χ0n) is 9.28. The largest absolute Gasteiger partial charge is 0.330 e. The Morgan fingerprint density at radius 1 is 1.27 bits per heavy atom. The molecule has 1 aliphatic heterocycles. The van der Waals surface area contributed by atoms with Crippen LogP contribution in [0.25, 0.3) is 0 Å². The lowest BCUT2D eigenvalue weighted by molar-refractivity contribution is 0.410. The van der Waals surface area contributed by atoms with Gasteiger partial charge in [-0.15, -0.1) is 0 Å². The van der Waals surface area contributed by atoms with Gasteiger partial charge < -0.3 is 11.1 Å². The minimum Gasteiger partial charge on any atom is -0.330 e. The van der Waals surface area contributed by atoms with Crippen LogP contribution in [0.2, 0.25) is 0 Å². The van der Waals surface area contributed by atoms with E-state index >= 15 is 0 Å². The van der Waals surface area contributed by atoms with Crippen LogP contribution in [0.1, 0.15) is 19.3 Å². The number of nitrogens with one attached hydrogen (secondary N) is 1. The topological polar surface area (TPSA) is 38.0 Å². The Kier molecular flexibility index (Phi) is 5.14. The molecular weight excluding hydrogens is 224 g/mol. The van der Waals surface area contributed by atoms with Crippen molar-refractivity contribution in [1.82, 2.24) is 5.32 Å². The third-order valence-electron chi connectivity index (χ3n) is 3.45. The molecule has 2 aliphatic rings. The van der Waals surface area contributed by atoms with Gasteiger partial charge in [-0.05, 0) is 25.3 Å². The monoisotopic (exact) mass is 246 g/mol. The van der Waals surface area contributed by atoms with E-state index in [2.05, 4.69) is 28.8 Å². The summed E-state index contributed by atoms with van der Waals surface area (Å²) >= 11 is 4.25. The maximum atomic E-state index is 5.78. The van der Waals surface area contributed by atoms with E-state index in [0.29, 0.717) is 6.04 Å². The first-order valence-corrected chi connectivity index (χ1v) is 8.23. The van der Waals surface area contributed by atoms with Gasteiger partial charge in [-0.25, -0.2) is 0 Å². The summed E-state index contributed by atoms with van der Waals surface area (Å²) in [6.07, 6.45) is 4.04. The molecule has 0 aromatic rings. The van der Waals surface area contributed by atoms with Crippen LogP contribution in [0.4, 0.5) is 0 Å². The summed E-state index contributed by atoms with van der Waals surface area (Å²) in [6.45, 7) is 2.06. The first-order chi connectivity index (χ1) is 7.40. The van der Waals surface area contributed by atoms with Crippen molar-refractivity contribution in [1.29, 1.82) is 0 Å². The van der Waals surface area contributed by atoms with Gasteiger partial charge in [0, 0.05) is 35.1 Å². The second kappa shape index (κ2) is 6.38. The first kappa shape index (κ1) is 12.1. The summed E-state index contributed by atoms with van der Waals surface area (Å²) < 4.78 is 0. The fraction of sp³-hybridized carbons (Fsp3) is 1.00. The van der Waals surface area contributed by atoms with Gasteiger partial charge in [0.05, 0.1) is 0 Å². The summed E-state index contributed by atoms with van der Waals surface area (Å²) in [7, 11) is 0. The van der Waals surface area contributed by atoms with Crippen molar-refractivity contribution in [2.45, 2.75) is 30.6 Å². The zero-order chi connectivity index (χ0) is 10.5. The van der Waals surface area contributed by atoms with Crippen LogP contribution < -0.4 is 11.1 Å². The molecule has 2 nitrogen and oxygen atoms in total. The molecule has 0 radical (unpaired) electrons. The number of rotatable bonds is 4. The highest BCUT2D eigenvalue weighted by Gasteiger charge is 2.26. The van der Waals surface area contributed by atoms with E-state index in [1.54, 1.807) is 0 Å². The van der Waals surface area contributed by atoms with E-state index in [-0.39, 0.29) is 0 Å². The van der Waals surface area contributed by atoms with E-state index in [0.717, 1.165) is 17.7 Å². The van der Waals surface area contributed by atoms with Crippen molar-refractivity contribution in [2.24, 2.45) is 11.7 Å². The lowest BCUT2D eigenvalue weighted by Crippen LogP contribution is -2.40. The van der Waals surface area contributed by atoms with Crippen molar-refractivity contribution in [3.63, 3.8) is 0 Å². The van der Waals surface area contributed by atoms with E-state index < -0.39 is 0 Å². The molecule has 3 atom stereocenters. The van der Waals surface area contributed by atoms with Gasteiger partial charge in [0.25, 0.3) is 0 Å². The SMILES string of the molecule is NCC1CCCC1NCC1CSCCS1. The maximum Gasteiger partial charge on any atom is 0.0263 e. The Balaban J connectivity index is 1.67. The fourth-order valence-electron chi connectivity index (χ4n) is 2.52. The number of thioether (sulfide) groups is 2. The molecule has 88 valence electrons. The normalized spacial score (nSPS) is 37.0. The van der Waals surface area contributed by atoms with Crippen molar-refractivity contribution < 1.29 is 0 Å². The number of hydrogen-bond donors (Lipinski definition) is 2. The number of hydrogen-bond acceptors (Lipinski definition) is 4. The molecule has 3 unspecified atom stereocenters. The second-order valence-electron chi connectivity index (χ2n) is 4.51. The standard InChI is InChI=1S/C11H22N2S2/c12-6-9-2-1-3-11(9)13-7-10-8-14-4-5-15-10/h9-11,13H,1-8,12H2. The highest BCUT2D eigenvalue weighted by Crippen LogP contribution is 2.27. The fourth-order valence-corrected chi connectivity index (χ4v) is 5.15. The molecular formula is C11H22N2S2. The van der Waals surface area contributed by atoms with Crippen LogP contribution in [0.5, 0.6) is 0 Å². The molecule has 1 aliphatic carbocycles. The lowest BCUT2D eigenvalue weighted by atomic mass is 10.0. The van der Waals surface area contributed by atoms with Crippen molar-refractivity contribution in [3.05, 3.63) is 0 Å². The summed E-state index contributed by atoms with van der Waals surface area (Å²) in [5.74, 6) is 4.75. The zero-order valence-corrected chi connectivity index (χ0v) is 10.9. The predicted octanol–water partition coefficient (Wildman–Crippen LogP) is 1.55. The van der Waals surface area contributed by atoms with Crippen LogP contribution in [0.3, 0.4) is 0 Å². The van der Waals surface area contributed by atoms with Gasteiger partial charge in [0.1, 0.15) is 0 Å². The highest BCUT2D eigenvalue weighted by molar-refractivity contribution is 8.06. The molecule has 0 spiro atoms. The predicted molar refractivity (Wildman–Crippen MR) is 71.8 cm³/mol. The van der Waals surface area contributed by atoms with Crippen LogP contribution in [-0.4, -0.2) is 41.6 Å². The Morgan fingerprint density at radius 3 is 2.93 bits per heavy atom. The molecule has 1 saturated heterocycles. The van der Waals surface area contributed by atoms with Gasteiger partial charge in [-0.2, -0.15) is 23.5 Å². The van der Waals surface area contributed by atoms with Crippen LogP contribution in [0.15, 0.2) is 0 Å². The van der Waals surface area contributed by atoms with Gasteiger partial charge >= 0.3 is 0 Å². The smallest absolute Gasteiger partial charge is 0.0263 e. The average molecular weight is 246 g/mol. The van der Waals surface area contributed by atoms with Gasteiger partial charge in [0.15, 0.2) is 0 Å². The summed E-state index contributed by atoms with van der Waals surface area (Å²) in [4.78, 5) is 0. The Labute approximate surface area is 102 Å². The van der Waals surface area contributed by atoms with Crippen LogP contribution >= 0.6 is 23.5 Å². The quantitative estimate of drug-likeness (QED) is 0.789. The summed E-state index contributed by atoms with van der Waals surface area (Å²) in [5, 5.41) is 4.57. The van der Waals surface area contributed by atoms with E-state index in [9.17, 15) is 0 Å². The molecule has 3 N–H and O–H groups in total. The highest BCUT2D eigenvalue weighted by atomic mass is 32.2. The Hall–Kier alpha value is 0.620. The molecule has 2 fully saturated rings.